The molecule has 7 heteroatoms. The lowest BCUT2D eigenvalue weighted by Crippen LogP contribution is -2.38. The number of rotatable bonds is 8. The summed E-state index contributed by atoms with van der Waals surface area (Å²) >= 11 is 6.03. The molecule has 0 radical (unpaired) electrons. The molecule has 27 heavy (non-hydrogen) atoms. The minimum atomic E-state index is -0.823. The minimum absolute atomic E-state index is 0.384. The van der Waals surface area contributed by atoms with E-state index in [0.29, 0.717) is 29.5 Å². The molecule has 0 heterocycles. The smallest absolute Gasteiger partial charge is 0.329 e. The highest BCUT2D eigenvalue weighted by Gasteiger charge is 2.11. The predicted molar refractivity (Wildman–Crippen MR) is 106 cm³/mol. The second-order valence-corrected chi connectivity index (χ2v) is 6.20. The van der Waals surface area contributed by atoms with Crippen molar-refractivity contribution in [1.82, 2.24) is 10.7 Å². The van der Waals surface area contributed by atoms with Crippen molar-refractivity contribution in [3.05, 3.63) is 64.7 Å². The molecular weight excluding hydrogens is 366 g/mol. The van der Waals surface area contributed by atoms with E-state index >= 15 is 0 Å². The van der Waals surface area contributed by atoms with Crippen LogP contribution in [0.1, 0.15) is 30.9 Å². The molecular formula is C20H22ClN3O3. The van der Waals surface area contributed by atoms with E-state index in [1.807, 2.05) is 37.3 Å². The Morgan fingerprint density at radius 1 is 1.15 bits per heavy atom. The molecule has 6 nitrogen and oxygen atoms in total. The average Bonchev–Trinajstić information content (AvgIpc) is 2.68. The van der Waals surface area contributed by atoms with E-state index in [1.54, 1.807) is 18.2 Å². The second kappa shape index (κ2) is 11.0. The topological polar surface area (TPSA) is 79.8 Å². The fraction of sp³-hybridized carbons (Fsp3) is 0.250. The van der Waals surface area contributed by atoms with Gasteiger partial charge < -0.3 is 10.1 Å². The summed E-state index contributed by atoms with van der Waals surface area (Å²) in [5.74, 6) is -0.975. The second-order valence-electron chi connectivity index (χ2n) is 5.77. The van der Waals surface area contributed by atoms with Crippen LogP contribution in [0, 0.1) is 0 Å². The van der Waals surface area contributed by atoms with Gasteiger partial charge in [-0.05, 0) is 30.2 Å². The van der Waals surface area contributed by atoms with Crippen molar-refractivity contribution in [3.8, 4) is 5.75 Å². The summed E-state index contributed by atoms with van der Waals surface area (Å²) in [4.78, 5) is 23.3. The lowest BCUT2D eigenvalue weighted by Gasteiger charge is -2.09. The molecule has 0 atom stereocenters. The molecule has 0 aliphatic heterocycles. The van der Waals surface area contributed by atoms with E-state index in [1.165, 1.54) is 6.21 Å². The first kappa shape index (κ1) is 20.5. The molecule has 0 spiro atoms. The zero-order chi connectivity index (χ0) is 19.5. The number of carbonyl (C=O) groups is 2. The molecule has 0 unspecified atom stereocenters. The van der Waals surface area contributed by atoms with Crippen molar-refractivity contribution < 1.29 is 14.3 Å². The molecule has 0 bridgehead atoms. The standard InChI is InChI=1S/C20H22ClN3O3/c1-2-3-11-22-19(25)20(26)24-23-13-16-12-17(21)9-10-18(16)27-14-15-7-5-4-6-8-15/h4-10,12-13H,2-3,11,14H2,1H3,(H,22,25)(H,24,26)/b23-13-. The summed E-state index contributed by atoms with van der Waals surface area (Å²) in [7, 11) is 0. The first-order valence-corrected chi connectivity index (χ1v) is 9.05. The maximum Gasteiger partial charge on any atom is 0.329 e. The summed E-state index contributed by atoms with van der Waals surface area (Å²) in [6.45, 7) is 2.84. The number of halogens is 1. The number of hydrogen-bond donors (Lipinski definition) is 2. The van der Waals surface area contributed by atoms with Crippen molar-refractivity contribution in [3.63, 3.8) is 0 Å². The van der Waals surface area contributed by atoms with Gasteiger partial charge in [-0.3, -0.25) is 9.59 Å². The molecule has 2 aromatic rings. The predicted octanol–water partition coefficient (Wildman–Crippen LogP) is 3.29. The summed E-state index contributed by atoms with van der Waals surface area (Å²) in [6, 6.07) is 14.8. The van der Waals surface area contributed by atoms with Crippen LogP contribution in [0.5, 0.6) is 5.75 Å². The van der Waals surface area contributed by atoms with Crippen LogP contribution in [-0.2, 0) is 16.2 Å². The number of unbranched alkanes of at least 4 members (excludes halogenated alkanes) is 1. The Kier molecular flexibility index (Phi) is 8.32. The number of carbonyl (C=O) groups excluding carboxylic acids is 2. The summed E-state index contributed by atoms with van der Waals surface area (Å²) in [6.07, 6.45) is 3.14. The van der Waals surface area contributed by atoms with Gasteiger partial charge in [-0.15, -0.1) is 0 Å². The van der Waals surface area contributed by atoms with E-state index in [0.717, 1.165) is 18.4 Å². The van der Waals surface area contributed by atoms with Gasteiger partial charge in [0.05, 0.1) is 6.21 Å². The summed E-state index contributed by atoms with van der Waals surface area (Å²) in [5.41, 5.74) is 3.81. The third kappa shape index (κ3) is 7.11. The Bertz CT molecular complexity index is 794. The Balaban J connectivity index is 1.96. The van der Waals surface area contributed by atoms with Crippen LogP contribution < -0.4 is 15.5 Å². The molecule has 2 rings (SSSR count). The highest BCUT2D eigenvalue weighted by atomic mass is 35.5. The fourth-order valence-corrected chi connectivity index (χ4v) is 2.34. The molecule has 0 saturated carbocycles. The van der Waals surface area contributed by atoms with Crippen molar-refractivity contribution >= 4 is 29.6 Å². The third-order valence-electron chi connectivity index (χ3n) is 3.60. The average molecular weight is 388 g/mol. The number of hydrazone groups is 1. The SMILES string of the molecule is CCCCNC(=O)C(=O)N/N=C\c1cc(Cl)ccc1OCc1ccccc1. The van der Waals surface area contributed by atoms with Crippen LogP contribution in [0.4, 0.5) is 0 Å². The van der Waals surface area contributed by atoms with Crippen LogP contribution >= 0.6 is 11.6 Å². The quantitative estimate of drug-likeness (QED) is 0.315. The van der Waals surface area contributed by atoms with Crippen LogP contribution in [0.25, 0.3) is 0 Å². The van der Waals surface area contributed by atoms with Gasteiger partial charge in [-0.1, -0.05) is 55.3 Å². The fourth-order valence-electron chi connectivity index (χ4n) is 2.16. The van der Waals surface area contributed by atoms with Gasteiger partial charge in [0.1, 0.15) is 12.4 Å². The van der Waals surface area contributed by atoms with Gasteiger partial charge in [0.25, 0.3) is 0 Å². The van der Waals surface area contributed by atoms with Crippen LogP contribution in [-0.4, -0.2) is 24.6 Å². The number of benzene rings is 2. The van der Waals surface area contributed by atoms with Crippen LogP contribution in [0.15, 0.2) is 53.6 Å². The highest BCUT2D eigenvalue weighted by Crippen LogP contribution is 2.22. The summed E-state index contributed by atoms with van der Waals surface area (Å²) < 4.78 is 5.81. The Hall–Kier alpha value is -2.86. The van der Waals surface area contributed by atoms with Crippen molar-refractivity contribution in [2.45, 2.75) is 26.4 Å². The molecule has 2 aromatic carbocycles. The lowest BCUT2D eigenvalue weighted by molar-refractivity contribution is -0.139. The zero-order valence-corrected chi connectivity index (χ0v) is 15.8. The third-order valence-corrected chi connectivity index (χ3v) is 3.84. The van der Waals surface area contributed by atoms with Gasteiger partial charge in [0, 0.05) is 17.1 Å². The van der Waals surface area contributed by atoms with Crippen molar-refractivity contribution in [2.24, 2.45) is 5.10 Å². The van der Waals surface area contributed by atoms with Gasteiger partial charge in [-0.25, -0.2) is 5.43 Å². The van der Waals surface area contributed by atoms with E-state index in [2.05, 4.69) is 15.8 Å². The van der Waals surface area contributed by atoms with Gasteiger partial charge in [-0.2, -0.15) is 5.10 Å². The molecule has 0 aliphatic carbocycles. The molecule has 0 fully saturated rings. The van der Waals surface area contributed by atoms with Gasteiger partial charge in [0.2, 0.25) is 0 Å². The first-order chi connectivity index (χ1) is 13.1. The van der Waals surface area contributed by atoms with E-state index in [9.17, 15) is 9.59 Å². The summed E-state index contributed by atoms with van der Waals surface area (Å²) in [5, 5.41) is 6.85. The lowest BCUT2D eigenvalue weighted by atomic mass is 10.2. The number of hydrogen-bond acceptors (Lipinski definition) is 4. The monoisotopic (exact) mass is 387 g/mol. The Morgan fingerprint density at radius 2 is 1.93 bits per heavy atom. The van der Waals surface area contributed by atoms with Crippen molar-refractivity contribution in [2.75, 3.05) is 6.54 Å². The van der Waals surface area contributed by atoms with Gasteiger partial charge >= 0.3 is 11.8 Å². The van der Waals surface area contributed by atoms with Crippen LogP contribution in [0.3, 0.4) is 0 Å². The normalized spacial score (nSPS) is 10.6. The maximum absolute atomic E-state index is 11.7. The largest absolute Gasteiger partial charge is 0.488 e. The van der Waals surface area contributed by atoms with E-state index < -0.39 is 11.8 Å². The molecule has 2 amide bonds. The first-order valence-electron chi connectivity index (χ1n) is 8.67. The molecule has 2 N–H and O–H groups in total. The van der Waals surface area contributed by atoms with Gasteiger partial charge in [0.15, 0.2) is 0 Å². The highest BCUT2D eigenvalue weighted by molar-refractivity contribution is 6.35. The van der Waals surface area contributed by atoms with E-state index in [-0.39, 0.29) is 0 Å². The number of nitrogens with one attached hydrogen (secondary N) is 2. The molecule has 0 aromatic heterocycles. The molecule has 0 saturated heterocycles. The van der Waals surface area contributed by atoms with Crippen LogP contribution in [0.2, 0.25) is 5.02 Å². The Morgan fingerprint density at radius 3 is 2.67 bits per heavy atom. The number of nitrogens with zero attached hydrogens (tertiary/aromatic N) is 1. The minimum Gasteiger partial charge on any atom is -0.488 e. The maximum atomic E-state index is 11.7. The molecule has 142 valence electrons. The molecule has 0 aliphatic rings. The zero-order valence-electron chi connectivity index (χ0n) is 15.1. The number of amides is 2. The van der Waals surface area contributed by atoms with E-state index in [4.69, 9.17) is 16.3 Å². The Labute approximate surface area is 163 Å². The number of ether oxygens (including phenoxy) is 1. The van der Waals surface area contributed by atoms with Crippen molar-refractivity contribution in [1.29, 1.82) is 0 Å².